The van der Waals surface area contributed by atoms with E-state index in [0.29, 0.717) is 18.7 Å². The van der Waals surface area contributed by atoms with E-state index in [1.54, 1.807) is 0 Å². The van der Waals surface area contributed by atoms with Crippen molar-refractivity contribution in [2.24, 2.45) is 0 Å². The van der Waals surface area contributed by atoms with Crippen molar-refractivity contribution < 1.29 is 9.53 Å². The maximum atomic E-state index is 12.3. The molecule has 0 bridgehead atoms. The molecule has 1 aliphatic heterocycles. The zero-order chi connectivity index (χ0) is 14.8. The van der Waals surface area contributed by atoms with Crippen LogP contribution >= 0.6 is 0 Å². The molecule has 0 saturated carbocycles. The Bertz CT molecular complexity index is 657. The highest BCUT2D eigenvalue weighted by molar-refractivity contribution is 5.99. The van der Waals surface area contributed by atoms with Gasteiger partial charge in [-0.2, -0.15) is 0 Å². The fraction of sp³-hybridized carbons (Fsp3) is 0.438. The van der Waals surface area contributed by atoms with Gasteiger partial charge in [0.15, 0.2) is 0 Å². The topological polar surface area (TPSA) is 66.2 Å². The number of morpholine rings is 1. The first-order chi connectivity index (χ1) is 10.1. The van der Waals surface area contributed by atoms with Crippen LogP contribution in [0.3, 0.4) is 0 Å². The van der Waals surface area contributed by atoms with Gasteiger partial charge in [-0.15, -0.1) is 0 Å². The summed E-state index contributed by atoms with van der Waals surface area (Å²) in [5.74, 6) is -0.0515. The second kappa shape index (κ2) is 5.87. The van der Waals surface area contributed by atoms with E-state index in [9.17, 15) is 4.79 Å². The largest absolute Gasteiger partial charge is 0.374 e. The Morgan fingerprint density at radius 1 is 1.43 bits per heavy atom. The molecule has 5 heteroatoms. The molecule has 5 nitrogen and oxygen atoms in total. The summed E-state index contributed by atoms with van der Waals surface area (Å²) in [4.78, 5) is 15.6. The van der Waals surface area contributed by atoms with Crippen LogP contribution in [0.5, 0.6) is 0 Å². The van der Waals surface area contributed by atoms with Crippen molar-refractivity contribution in [1.29, 1.82) is 0 Å². The molecule has 3 rings (SSSR count). The second-order valence-electron chi connectivity index (χ2n) is 5.54. The highest BCUT2D eigenvalue weighted by Gasteiger charge is 2.15. The third kappa shape index (κ3) is 2.94. The van der Waals surface area contributed by atoms with Crippen molar-refractivity contribution in [2.75, 3.05) is 26.2 Å². The lowest BCUT2D eigenvalue weighted by molar-refractivity contribution is 0.0287. The maximum absolute atomic E-state index is 12.3. The highest BCUT2D eigenvalue weighted by Crippen LogP contribution is 2.22. The summed E-state index contributed by atoms with van der Waals surface area (Å²) in [6, 6.07) is 5.76. The van der Waals surface area contributed by atoms with Gasteiger partial charge in [0.05, 0.1) is 12.7 Å². The van der Waals surface area contributed by atoms with E-state index >= 15 is 0 Å². The van der Waals surface area contributed by atoms with Gasteiger partial charge < -0.3 is 20.4 Å². The van der Waals surface area contributed by atoms with Crippen LogP contribution in [0.2, 0.25) is 0 Å². The number of ether oxygens (including phenoxy) is 1. The summed E-state index contributed by atoms with van der Waals surface area (Å²) in [5.41, 5.74) is 4.10. The zero-order valence-electron chi connectivity index (χ0n) is 12.5. The number of rotatable bonds is 3. The SMILES string of the molecule is Cc1[nH]c2ccc(C(=O)NCC3CNCCO3)cc2c1C. The molecule has 3 N–H and O–H groups in total. The van der Waals surface area contributed by atoms with Crippen LogP contribution < -0.4 is 10.6 Å². The van der Waals surface area contributed by atoms with E-state index in [0.717, 1.165) is 29.7 Å². The smallest absolute Gasteiger partial charge is 0.251 e. The first-order valence-corrected chi connectivity index (χ1v) is 7.34. The normalized spacial score (nSPS) is 18.9. The molecule has 2 aromatic rings. The number of benzene rings is 1. The number of aromatic amines is 1. The molecular formula is C16H21N3O2. The summed E-state index contributed by atoms with van der Waals surface area (Å²) >= 11 is 0. The molecule has 1 amide bonds. The second-order valence-corrected chi connectivity index (χ2v) is 5.54. The number of carbonyl (C=O) groups is 1. The molecule has 0 radical (unpaired) electrons. The summed E-state index contributed by atoms with van der Waals surface area (Å²) in [5, 5.41) is 7.30. The van der Waals surface area contributed by atoms with Gasteiger partial charge in [-0.1, -0.05) is 0 Å². The molecule has 1 unspecified atom stereocenters. The molecule has 0 aliphatic carbocycles. The molecule has 1 aromatic carbocycles. The average molecular weight is 287 g/mol. The van der Waals surface area contributed by atoms with Gasteiger partial charge in [0.1, 0.15) is 0 Å². The Balaban J connectivity index is 1.70. The van der Waals surface area contributed by atoms with Gasteiger partial charge in [0.2, 0.25) is 0 Å². The summed E-state index contributed by atoms with van der Waals surface area (Å²) in [6.07, 6.45) is 0.0580. The molecule has 1 fully saturated rings. The lowest BCUT2D eigenvalue weighted by Gasteiger charge is -2.23. The van der Waals surface area contributed by atoms with Crippen molar-refractivity contribution in [1.82, 2.24) is 15.6 Å². The molecule has 1 aliphatic rings. The summed E-state index contributed by atoms with van der Waals surface area (Å²) in [6.45, 7) is 7.02. The average Bonchev–Trinajstić information content (AvgIpc) is 2.80. The number of aromatic nitrogens is 1. The number of aryl methyl sites for hydroxylation is 2. The quantitative estimate of drug-likeness (QED) is 0.801. The Kier molecular flexibility index (Phi) is 3.94. The van der Waals surface area contributed by atoms with Gasteiger partial charge in [0.25, 0.3) is 5.91 Å². The van der Waals surface area contributed by atoms with E-state index in [-0.39, 0.29) is 12.0 Å². The highest BCUT2D eigenvalue weighted by atomic mass is 16.5. The molecule has 1 saturated heterocycles. The van der Waals surface area contributed by atoms with Gasteiger partial charge in [-0.25, -0.2) is 0 Å². The van der Waals surface area contributed by atoms with Crippen LogP contribution in [0.1, 0.15) is 21.6 Å². The molecular weight excluding hydrogens is 266 g/mol. The molecule has 0 spiro atoms. The van der Waals surface area contributed by atoms with Crippen LogP contribution in [0, 0.1) is 13.8 Å². The van der Waals surface area contributed by atoms with E-state index in [4.69, 9.17) is 4.74 Å². The number of fused-ring (bicyclic) bond motifs is 1. The predicted molar refractivity (Wildman–Crippen MR) is 82.7 cm³/mol. The van der Waals surface area contributed by atoms with E-state index in [1.165, 1.54) is 5.56 Å². The third-order valence-electron chi connectivity index (χ3n) is 4.07. The minimum Gasteiger partial charge on any atom is -0.374 e. The molecule has 21 heavy (non-hydrogen) atoms. The van der Waals surface area contributed by atoms with E-state index < -0.39 is 0 Å². The molecule has 1 aromatic heterocycles. The van der Waals surface area contributed by atoms with Crippen molar-refractivity contribution >= 4 is 16.8 Å². The lowest BCUT2D eigenvalue weighted by atomic mass is 10.1. The van der Waals surface area contributed by atoms with Crippen LogP contribution in [0.4, 0.5) is 0 Å². The van der Waals surface area contributed by atoms with Crippen LogP contribution in [-0.2, 0) is 4.74 Å². The van der Waals surface area contributed by atoms with Gasteiger partial charge in [0, 0.05) is 41.8 Å². The van der Waals surface area contributed by atoms with E-state index in [1.807, 2.05) is 25.1 Å². The zero-order valence-corrected chi connectivity index (χ0v) is 12.5. The number of amides is 1. The van der Waals surface area contributed by atoms with Crippen LogP contribution in [0.25, 0.3) is 10.9 Å². The first-order valence-electron chi connectivity index (χ1n) is 7.34. The lowest BCUT2D eigenvalue weighted by Crippen LogP contribution is -2.45. The number of nitrogens with one attached hydrogen (secondary N) is 3. The number of hydrogen-bond acceptors (Lipinski definition) is 3. The third-order valence-corrected chi connectivity index (χ3v) is 4.07. The van der Waals surface area contributed by atoms with Crippen molar-refractivity contribution in [3.63, 3.8) is 0 Å². The minimum atomic E-state index is -0.0515. The minimum absolute atomic E-state index is 0.0515. The van der Waals surface area contributed by atoms with Crippen LogP contribution in [0.15, 0.2) is 18.2 Å². The summed E-state index contributed by atoms with van der Waals surface area (Å²) in [7, 11) is 0. The fourth-order valence-corrected chi connectivity index (χ4v) is 2.66. The van der Waals surface area contributed by atoms with Crippen molar-refractivity contribution in [3.05, 3.63) is 35.0 Å². The van der Waals surface area contributed by atoms with Gasteiger partial charge in [-0.05, 0) is 37.6 Å². The first kappa shape index (κ1) is 14.1. The number of hydrogen-bond donors (Lipinski definition) is 3. The summed E-state index contributed by atoms with van der Waals surface area (Å²) < 4.78 is 5.57. The molecule has 2 heterocycles. The standard InChI is InChI=1S/C16H21N3O2/c1-10-11(2)19-15-4-3-12(7-14(10)15)16(20)18-9-13-8-17-5-6-21-13/h3-4,7,13,17,19H,5-6,8-9H2,1-2H3,(H,18,20). The number of carbonyl (C=O) groups excluding carboxylic acids is 1. The Morgan fingerprint density at radius 3 is 3.05 bits per heavy atom. The number of H-pyrrole nitrogens is 1. The van der Waals surface area contributed by atoms with Gasteiger partial charge in [-0.3, -0.25) is 4.79 Å². The van der Waals surface area contributed by atoms with Crippen LogP contribution in [-0.4, -0.2) is 43.2 Å². The molecule has 1 atom stereocenters. The molecule has 112 valence electrons. The van der Waals surface area contributed by atoms with Crippen molar-refractivity contribution in [2.45, 2.75) is 20.0 Å². The Morgan fingerprint density at radius 2 is 2.29 bits per heavy atom. The Labute approximate surface area is 124 Å². The van der Waals surface area contributed by atoms with E-state index in [2.05, 4.69) is 22.5 Å². The maximum Gasteiger partial charge on any atom is 0.251 e. The van der Waals surface area contributed by atoms with Crippen molar-refractivity contribution in [3.8, 4) is 0 Å². The predicted octanol–water partition coefficient (Wildman–Crippen LogP) is 1.50. The monoisotopic (exact) mass is 287 g/mol. The Hall–Kier alpha value is -1.85. The van der Waals surface area contributed by atoms with Gasteiger partial charge >= 0.3 is 0 Å². The fourth-order valence-electron chi connectivity index (χ4n) is 2.66.